The van der Waals surface area contributed by atoms with Crippen molar-refractivity contribution in [1.29, 1.82) is 0 Å². The summed E-state index contributed by atoms with van der Waals surface area (Å²) >= 11 is 6.04. The lowest BCUT2D eigenvalue weighted by atomic mass is 9.97. The maximum Gasteiger partial charge on any atom is 0.253 e. The highest BCUT2D eigenvalue weighted by molar-refractivity contribution is 6.33. The maximum atomic E-state index is 12.6. The van der Waals surface area contributed by atoms with Gasteiger partial charge in [0.05, 0.1) is 17.1 Å². The number of nitrogens with zero attached hydrogens (tertiary/aromatic N) is 4. The highest BCUT2D eigenvalue weighted by atomic mass is 35.5. The highest BCUT2D eigenvalue weighted by Crippen LogP contribution is 2.26. The van der Waals surface area contributed by atoms with E-state index in [2.05, 4.69) is 15.5 Å². The van der Waals surface area contributed by atoms with Crippen LogP contribution >= 0.6 is 11.6 Å². The van der Waals surface area contributed by atoms with Crippen LogP contribution in [0.15, 0.2) is 48.7 Å². The Bertz CT molecular complexity index is 1020. The van der Waals surface area contributed by atoms with Gasteiger partial charge < -0.3 is 10.2 Å². The first-order valence-corrected chi connectivity index (χ1v) is 9.61. The van der Waals surface area contributed by atoms with Crippen molar-refractivity contribution in [2.45, 2.75) is 18.8 Å². The average molecular weight is 398 g/mol. The summed E-state index contributed by atoms with van der Waals surface area (Å²) in [5.41, 5.74) is 1.16. The lowest BCUT2D eigenvalue weighted by Crippen LogP contribution is -2.44. The van der Waals surface area contributed by atoms with Crippen LogP contribution < -0.4 is 5.32 Å². The zero-order valence-electron chi connectivity index (χ0n) is 15.2. The Hall–Kier alpha value is -2.93. The number of pyridine rings is 1. The van der Waals surface area contributed by atoms with Crippen LogP contribution in [0.1, 0.15) is 34.9 Å². The Morgan fingerprint density at radius 2 is 1.96 bits per heavy atom. The van der Waals surface area contributed by atoms with Crippen molar-refractivity contribution in [3.63, 3.8) is 0 Å². The van der Waals surface area contributed by atoms with Gasteiger partial charge in [-0.05, 0) is 37.1 Å². The third-order valence-corrected chi connectivity index (χ3v) is 5.33. The number of carbonyl (C=O) groups excluding carboxylic acids is 2. The van der Waals surface area contributed by atoms with Crippen molar-refractivity contribution in [3.8, 4) is 0 Å². The van der Waals surface area contributed by atoms with Gasteiger partial charge in [-0.3, -0.25) is 14.0 Å². The van der Waals surface area contributed by atoms with E-state index in [9.17, 15) is 9.59 Å². The zero-order chi connectivity index (χ0) is 19.5. The molecule has 1 aliphatic heterocycles. The van der Waals surface area contributed by atoms with Crippen molar-refractivity contribution >= 4 is 29.1 Å². The lowest BCUT2D eigenvalue weighted by molar-refractivity contribution is -0.131. The van der Waals surface area contributed by atoms with Gasteiger partial charge in [0.25, 0.3) is 5.91 Å². The topological polar surface area (TPSA) is 79.6 Å². The summed E-state index contributed by atoms with van der Waals surface area (Å²) in [4.78, 5) is 26.7. The summed E-state index contributed by atoms with van der Waals surface area (Å²) in [6, 6.07) is 12.5. The van der Waals surface area contributed by atoms with Crippen molar-refractivity contribution in [2.75, 3.05) is 19.6 Å². The zero-order valence-corrected chi connectivity index (χ0v) is 16.0. The molecule has 1 aliphatic rings. The number of nitrogens with one attached hydrogen (secondary N) is 1. The van der Waals surface area contributed by atoms with Crippen LogP contribution in [0.2, 0.25) is 5.02 Å². The monoisotopic (exact) mass is 397 g/mol. The van der Waals surface area contributed by atoms with Crippen LogP contribution in [-0.4, -0.2) is 50.9 Å². The van der Waals surface area contributed by atoms with Crippen LogP contribution in [0, 0.1) is 0 Å². The van der Waals surface area contributed by atoms with E-state index < -0.39 is 0 Å². The van der Waals surface area contributed by atoms with Crippen LogP contribution in [0.3, 0.4) is 0 Å². The molecule has 0 spiro atoms. The molecule has 3 heterocycles. The van der Waals surface area contributed by atoms with Crippen molar-refractivity contribution < 1.29 is 9.59 Å². The number of piperidine rings is 1. The Kier molecular flexibility index (Phi) is 5.25. The third kappa shape index (κ3) is 3.71. The fourth-order valence-electron chi connectivity index (χ4n) is 3.56. The number of halogens is 1. The second-order valence-electron chi connectivity index (χ2n) is 6.83. The van der Waals surface area contributed by atoms with Gasteiger partial charge in [0.1, 0.15) is 5.82 Å². The molecule has 1 unspecified atom stereocenters. The van der Waals surface area contributed by atoms with Gasteiger partial charge in [-0.2, -0.15) is 0 Å². The summed E-state index contributed by atoms with van der Waals surface area (Å²) in [7, 11) is 0. The molecule has 1 saturated heterocycles. The third-order valence-electron chi connectivity index (χ3n) is 5.00. The van der Waals surface area contributed by atoms with E-state index in [1.165, 1.54) is 0 Å². The average Bonchev–Trinajstić information content (AvgIpc) is 3.16. The standard InChI is InChI=1S/C20H20ClN5O2/c21-16-8-2-1-7-15(16)20(28)22-12-18(27)25-10-5-6-14(13-25)19-24-23-17-9-3-4-11-26(17)19/h1-4,7-9,11,14H,5-6,10,12-13H2,(H,22,28). The minimum absolute atomic E-state index is 0.0582. The smallest absolute Gasteiger partial charge is 0.253 e. The first-order chi connectivity index (χ1) is 13.6. The summed E-state index contributed by atoms with van der Waals surface area (Å²) in [5, 5.41) is 11.6. The van der Waals surface area contributed by atoms with E-state index in [0.29, 0.717) is 23.7 Å². The quantitative estimate of drug-likeness (QED) is 0.733. The number of carbonyl (C=O) groups is 2. The number of hydrogen-bond acceptors (Lipinski definition) is 4. The van der Waals surface area contributed by atoms with E-state index in [1.54, 1.807) is 29.2 Å². The molecule has 0 aliphatic carbocycles. The van der Waals surface area contributed by atoms with E-state index in [-0.39, 0.29) is 24.3 Å². The molecule has 0 saturated carbocycles. The van der Waals surface area contributed by atoms with Crippen LogP contribution in [0.5, 0.6) is 0 Å². The van der Waals surface area contributed by atoms with E-state index in [0.717, 1.165) is 24.3 Å². The molecule has 2 amide bonds. The lowest BCUT2D eigenvalue weighted by Gasteiger charge is -2.32. The van der Waals surface area contributed by atoms with Gasteiger partial charge in [0.15, 0.2) is 5.65 Å². The molecule has 0 bridgehead atoms. The van der Waals surface area contributed by atoms with Gasteiger partial charge in [-0.15, -0.1) is 10.2 Å². The Morgan fingerprint density at radius 1 is 1.14 bits per heavy atom. The predicted molar refractivity (Wildman–Crippen MR) is 105 cm³/mol. The van der Waals surface area contributed by atoms with Gasteiger partial charge in [0.2, 0.25) is 5.91 Å². The minimum atomic E-state index is -0.351. The van der Waals surface area contributed by atoms with Crippen LogP contribution in [-0.2, 0) is 4.79 Å². The normalized spacial score (nSPS) is 16.9. The number of hydrogen-bond donors (Lipinski definition) is 1. The first-order valence-electron chi connectivity index (χ1n) is 9.23. The van der Waals surface area contributed by atoms with Gasteiger partial charge in [0, 0.05) is 25.2 Å². The molecule has 2 aromatic heterocycles. The van der Waals surface area contributed by atoms with E-state index in [1.807, 2.05) is 28.8 Å². The predicted octanol–water partition coefficient (Wildman–Crippen LogP) is 2.52. The number of benzene rings is 1. The molecule has 1 N–H and O–H groups in total. The van der Waals surface area contributed by atoms with Crippen molar-refractivity contribution in [3.05, 3.63) is 65.1 Å². The van der Waals surface area contributed by atoms with Crippen molar-refractivity contribution in [2.24, 2.45) is 0 Å². The molecule has 1 fully saturated rings. The molecule has 28 heavy (non-hydrogen) atoms. The second kappa shape index (κ2) is 7.98. The van der Waals surface area contributed by atoms with Crippen LogP contribution in [0.4, 0.5) is 0 Å². The Morgan fingerprint density at radius 3 is 2.82 bits per heavy atom. The summed E-state index contributed by atoms with van der Waals surface area (Å²) in [5.74, 6) is 0.525. The molecular weight excluding hydrogens is 378 g/mol. The maximum absolute atomic E-state index is 12.6. The molecule has 144 valence electrons. The molecule has 8 heteroatoms. The fourth-order valence-corrected chi connectivity index (χ4v) is 3.78. The second-order valence-corrected chi connectivity index (χ2v) is 7.24. The number of amides is 2. The number of rotatable bonds is 4. The Balaban J connectivity index is 1.40. The van der Waals surface area contributed by atoms with E-state index >= 15 is 0 Å². The highest BCUT2D eigenvalue weighted by Gasteiger charge is 2.28. The fraction of sp³-hybridized carbons (Fsp3) is 0.300. The SMILES string of the molecule is O=C(NCC(=O)N1CCCC(c2nnc3ccccn23)C1)c1ccccc1Cl. The molecule has 0 radical (unpaired) electrons. The largest absolute Gasteiger partial charge is 0.343 e. The number of aromatic nitrogens is 3. The van der Waals surface area contributed by atoms with Gasteiger partial charge in [-0.25, -0.2) is 0 Å². The molecule has 4 rings (SSSR count). The van der Waals surface area contributed by atoms with Gasteiger partial charge >= 0.3 is 0 Å². The molecule has 3 aromatic rings. The molecule has 7 nitrogen and oxygen atoms in total. The molecule has 1 aromatic carbocycles. The number of fused-ring (bicyclic) bond motifs is 1. The van der Waals surface area contributed by atoms with Crippen molar-refractivity contribution in [1.82, 2.24) is 24.8 Å². The van der Waals surface area contributed by atoms with Gasteiger partial charge in [-0.1, -0.05) is 29.8 Å². The summed E-state index contributed by atoms with van der Waals surface area (Å²) < 4.78 is 1.97. The summed E-state index contributed by atoms with van der Waals surface area (Å²) in [6.07, 6.45) is 3.78. The van der Waals surface area contributed by atoms with Crippen LogP contribution in [0.25, 0.3) is 5.65 Å². The number of likely N-dealkylation sites (tertiary alicyclic amines) is 1. The molecule has 1 atom stereocenters. The first kappa shape index (κ1) is 18.4. The Labute approximate surface area is 167 Å². The minimum Gasteiger partial charge on any atom is -0.343 e. The molecular formula is C20H20ClN5O2. The van der Waals surface area contributed by atoms with E-state index in [4.69, 9.17) is 11.6 Å². The summed E-state index contributed by atoms with van der Waals surface area (Å²) in [6.45, 7) is 1.18.